The average Bonchev–Trinajstić information content (AvgIpc) is 2.17. The van der Waals surface area contributed by atoms with Gasteiger partial charge in [-0.15, -0.1) is 0 Å². The first-order chi connectivity index (χ1) is 6.61. The van der Waals surface area contributed by atoms with Crippen molar-refractivity contribution in [1.82, 2.24) is 0 Å². The molecule has 3 nitrogen and oxygen atoms in total. The molecule has 0 unspecified atom stereocenters. The molecule has 0 saturated heterocycles. The molecule has 0 rings (SSSR count). The highest BCUT2D eigenvalue weighted by atomic mass is 16.5. The molecular weight excluding hydrogens is 178 g/mol. The van der Waals surface area contributed by atoms with E-state index in [2.05, 4.69) is 20.4 Å². The van der Waals surface area contributed by atoms with Crippen LogP contribution in [0.1, 0.15) is 27.2 Å². The quantitative estimate of drug-likeness (QED) is 0.367. The van der Waals surface area contributed by atoms with Crippen molar-refractivity contribution in [1.29, 1.82) is 0 Å². The molecule has 0 aromatic rings. The Labute approximate surface area is 86.7 Å². The lowest BCUT2D eigenvalue weighted by Crippen LogP contribution is -3.11. The second-order valence-electron chi connectivity index (χ2n) is 3.48. The average molecular weight is 200 g/mol. The fourth-order valence-electron chi connectivity index (χ4n) is 1.21. The third-order valence-electron chi connectivity index (χ3n) is 2.26. The summed E-state index contributed by atoms with van der Waals surface area (Å²) in [5.41, 5.74) is 0.472. The van der Waals surface area contributed by atoms with Crippen molar-refractivity contribution in [3.05, 3.63) is 12.2 Å². The first-order valence-electron chi connectivity index (χ1n) is 5.28. The number of quaternary nitrogens is 1. The van der Waals surface area contributed by atoms with E-state index in [0.29, 0.717) is 12.2 Å². The van der Waals surface area contributed by atoms with Gasteiger partial charge in [0, 0.05) is 12.0 Å². The van der Waals surface area contributed by atoms with Gasteiger partial charge >= 0.3 is 5.97 Å². The van der Waals surface area contributed by atoms with Crippen molar-refractivity contribution in [2.24, 2.45) is 0 Å². The Bertz CT molecular complexity index is 186. The van der Waals surface area contributed by atoms with Crippen LogP contribution in [0.5, 0.6) is 0 Å². The molecule has 1 N–H and O–H groups in total. The number of nitrogens with one attached hydrogen (secondary N) is 1. The summed E-state index contributed by atoms with van der Waals surface area (Å²) < 4.78 is 4.99. The molecule has 82 valence electrons. The topological polar surface area (TPSA) is 30.7 Å². The molecule has 0 aromatic carbocycles. The van der Waals surface area contributed by atoms with Crippen LogP contribution in [0.25, 0.3) is 0 Å². The van der Waals surface area contributed by atoms with Gasteiger partial charge in [0.1, 0.15) is 0 Å². The van der Waals surface area contributed by atoms with Crippen molar-refractivity contribution in [3.63, 3.8) is 0 Å². The second-order valence-corrected chi connectivity index (χ2v) is 3.48. The van der Waals surface area contributed by atoms with Gasteiger partial charge in [0.2, 0.25) is 0 Å². The lowest BCUT2D eigenvalue weighted by molar-refractivity contribution is -0.896. The first kappa shape index (κ1) is 13.2. The van der Waals surface area contributed by atoms with E-state index in [1.165, 1.54) is 4.90 Å². The van der Waals surface area contributed by atoms with Crippen LogP contribution in [0, 0.1) is 0 Å². The number of carbonyl (C=O) groups is 1. The fraction of sp³-hybridized carbons (Fsp3) is 0.727. The van der Waals surface area contributed by atoms with Gasteiger partial charge < -0.3 is 9.64 Å². The molecular formula is C11H22NO2+. The van der Waals surface area contributed by atoms with E-state index in [-0.39, 0.29) is 5.97 Å². The van der Waals surface area contributed by atoms with Gasteiger partial charge in [-0.2, -0.15) is 0 Å². The number of esters is 1. The van der Waals surface area contributed by atoms with E-state index in [4.69, 9.17) is 4.74 Å². The Kier molecular flexibility index (Phi) is 7.11. The van der Waals surface area contributed by atoms with Crippen molar-refractivity contribution >= 4 is 5.97 Å². The zero-order valence-electron chi connectivity index (χ0n) is 9.56. The van der Waals surface area contributed by atoms with Gasteiger partial charge in [-0.1, -0.05) is 6.58 Å². The number of hydrogen-bond donors (Lipinski definition) is 1. The van der Waals surface area contributed by atoms with Gasteiger partial charge in [-0.05, 0) is 20.8 Å². The van der Waals surface area contributed by atoms with E-state index in [1.807, 2.05) is 0 Å². The monoisotopic (exact) mass is 200 g/mol. The largest absolute Gasteiger partial charge is 0.462 e. The minimum absolute atomic E-state index is 0.278. The number of rotatable bonds is 7. The van der Waals surface area contributed by atoms with Crippen molar-refractivity contribution in [2.75, 3.05) is 26.2 Å². The Morgan fingerprint density at radius 1 is 1.36 bits per heavy atom. The van der Waals surface area contributed by atoms with E-state index in [0.717, 1.165) is 26.1 Å². The minimum atomic E-state index is -0.278. The number of carbonyl (C=O) groups excluding carboxylic acids is 1. The van der Waals surface area contributed by atoms with Crippen molar-refractivity contribution in [2.45, 2.75) is 27.2 Å². The van der Waals surface area contributed by atoms with E-state index < -0.39 is 0 Å². The number of ether oxygens (including phenoxy) is 1. The summed E-state index contributed by atoms with van der Waals surface area (Å²) in [6, 6.07) is 0. The van der Waals surface area contributed by atoms with Crippen LogP contribution in [0.4, 0.5) is 0 Å². The smallest absolute Gasteiger partial charge is 0.333 e. The zero-order valence-corrected chi connectivity index (χ0v) is 9.56. The third kappa shape index (κ3) is 5.75. The normalized spacial score (nSPS) is 10.3. The van der Waals surface area contributed by atoms with Gasteiger partial charge in [-0.25, -0.2) is 4.79 Å². The van der Waals surface area contributed by atoms with E-state index in [9.17, 15) is 4.79 Å². The molecule has 14 heavy (non-hydrogen) atoms. The standard InChI is InChI=1S/C11H21NO2/c1-5-12(6-2)8-7-9-14-11(13)10(3)4/h3,5-9H2,1-2,4H3/p+1. The lowest BCUT2D eigenvalue weighted by Gasteiger charge is -2.14. The molecule has 3 heteroatoms. The molecule has 0 aliphatic rings. The van der Waals surface area contributed by atoms with E-state index in [1.54, 1.807) is 6.92 Å². The fourth-order valence-corrected chi connectivity index (χ4v) is 1.21. The van der Waals surface area contributed by atoms with Crippen LogP contribution in [0.2, 0.25) is 0 Å². The molecule has 0 radical (unpaired) electrons. The maximum atomic E-state index is 11.0. The predicted molar refractivity (Wildman–Crippen MR) is 57.3 cm³/mol. The summed E-state index contributed by atoms with van der Waals surface area (Å²) in [5.74, 6) is -0.278. The third-order valence-corrected chi connectivity index (χ3v) is 2.26. The molecule has 0 spiro atoms. The highest BCUT2D eigenvalue weighted by molar-refractivity contribution is 5.86. The van der Waals surface area contributed by atoms with Crippen molar-refractivity contribution < 1.29 is 14.4 Å². The van der Waals surface area contributed by atoms with Crippen LogP contribution in [-0.4, -0.2) is 32.2 Å². The molecule has 0 heterocycles. The predicted octanol–water partition coefficient (Wildman–Crippen LogP) is 0.421. The Morgan fingerprint density at radius 2 is 1.93 bits per heavy atom. The maximum Gasteiger partial charge on any atom is 0.333 e. The van der Waals surface area contributed by atoms with Crippen LogP contribution in [-0.2, 0) is 9.53 Å². The Morgan fingerprint density at radius 3 is 2.36 bits per heavy atom. The molecule has 0 saturated carbocycles. The van der Waals surface area contributed by atoms with Gasteiger partial charge in [0.05, 0.1) is 26.2 Å². The van der Waals surface area contributed by atoms with Crippen LogP contribution in [0.15, 0.2) is 12.2 Å². The summed E-state index contributed by atoms with van der Waals surface area (Å²) in [5, 5.41) is 0. The lowest BCUT2D eigenvalue weighted by atomic mass is 10.3. The van der Waals surface area contributed by atoms with Gasteiger partial charge in [0.25, 0.3) is 0 Å². The van der Waals surface area contributed by atoms with Crippen LogP contribution < -0.4 is 4.90 Å². The minimum Gasteiger partial charge on any atom is -0.462 e. The first-order valence-corrected chi connectivity index (χ1v) is 5.28. The summed E-state index contributed by atoms with van der Waals surface area (Å²) in [6.07, 6.45) is 0.927. The SMILES string of the molecule is C=C(C)C(=O)OCCC[NH+](CC)CC. The summed E-state index contributed by atoms with van der Waals surface area (Å²) in [4.78, 5) is 12.5. The summed E-state index contributed by atoms with van der Waals surface area (Å²) in [7, 11) is 0. The Balaban J connectivity index is 3.46. The van der Waals surface area contributed by atoms with Crippen molar-refractivity contribution in [3.8, 4) is 0 Å². The Hall–Kier alpha value is -0.830. The molecule has 0 bridgehead atoms. The molecule has 0 atom stereocenters. The summed E-state index contributed by atoms with van der Waals surface area (Å²) in [6.45, 7) is 13.4. The van der Waals surface area contributed by atoms with Gasteiger partial charge in [-0.3, -0.25) is 0 Å². The maximum absolute atomic E-state index is 11.0. The number of hydrogen-bond acceptors (Lipinski definition) is 2. The molecule has 0 aliphatic heterocycles. The molecule has 0 amide bonds. The molecule has 0 fully saturated rings. The highest BCUT2D eigenvalue weighted by Gasteiger charge is 2.05. The zero-order chi connectivity index (χ0) is 11.0. The highest BCUT2D eigenvalue weighted by Crippen LogP contribution is 1.92. The second kappa shape index (κ2) is 7.56. The molecule has 0 aliphatic carbocycles. The van der Waals surface area contributed by atoms with Crippen LogP contribution >= 0.6 is 0 Å². The summed E-state index contributed by atoms with van der Waals surface area (Å²) >= 11 is 0. The van der Waals surface area contributed by atoms with E-state index >= 15 is 0 Å². The molecule has 0 aromatic heterocycles. The van der Waals surface area contributed by atoms with Crippen LogP contribution in [0.3, 0.4) is 0 Å². The van der Waals surface area contributed by atoms with Gasteiger partial charge in [0.15, 0.2) is 0 Å².